The van der Waals surface area contributed by atoms with Crippen molar-refractivity contribution in [3.63, 3.8) is 0 Å². The van der Waals surface area contributed by atoms with Crippen molar-refractivity contribution < 1.29 is 13.2 Å². The fourth-order valence-corrected chi connectivity index (χ4v) is 4.23. The van der Waals surface area contributed by atoms with Crippen molar-refractivity contribution in [1.82, 2.24) is 4.31 Å². The van der Waals surface area contributed by atoms with E-state index in [-0.39, 0.29) is 0 Å². The van der Waals surface area contributed by atoms with Gasteiger partial charge in [0, 0.05) is 26.2 Å². The van der Waals surface area contributed by atoms with Crippen LogP contribution in [-0.4, -0.2) is 46.0 Å². The summed E-state index contributed by atoms with van der Waals surface area (Å²) in [5.41, 5.74) is 0.878. The fourth-order valence-electron chi connectivity index (χ4n) is 2.75. The van der Waals surface area contributed by atoms with Gasteiger partial charge in [-0.2, -0.15) is 4.31 Å². The molecule has 2 rings (SSSR count). The number of ether oxygens (including phenoxy) is 1. The normalized spacial score (nSPS) is 15.7. The van der Waals surface area contributed by atoms with Crippen molar-refractivity contribution in [2.75, 3.05) is 38.2 Å². The Labute approximate surface area is 127 Å². The van der Waals surface area contributed by atoms with Crippen LogP contribution in [-0.2, 0) is 10.0 Å². The van der Waals surface area contributed by atoms with Crippen molar-refractivity contribution >= 4 is 15.7 Å². The molecule has 118 valence electrons. The zero-order valence-corrected chi connectivity index (χ0v) is 13.8. The van der Waals surface area contributed by atoms with Crippen LogP contribution in [0.15, 0.2) is 23.1 Å². The molecule has 0 saturated carbocycles. The molecule has 0 spiro atoms. The highest BCUT2D eigenvalue weighted by atomic mass is 32.2. The Morgan fingerprint density at radius 2 is 1.81 bits per heavy atom. The van der Waals surface area contributed by atoms with E-state index in [0.29, 0.717) is 18.0 Å². The van der Waals surface area contributed by atoms with E-state index in [1.807, 2.05) is 13.8 Å². The van der Waals surface area contributed by atoms with E-state index in [2.05, 4.69) is 4.90 Å². The van der Waals surface area contributed by atoms with Crippen LogP contribution in [0.1, 0.15) is 26.7 Å². The van der Waals surface area contributed by atoms with Crippen molar-refractivity contribution in [3.05, 3.63) is 18.2 Å². The molecule has 0 aliphatic carbocycles. The molecular formula is C15H24N2O3S. The number of hydrogen-bond acceptors (Lipinski definition) is 4. The number of nitrogens with zero attached hydrogens (tertiary/aromatic N) is 2. The summed E-state index contributed by atoms with van der Waals surface area (Å²) in [5.74, 6) is 0.732. The number of sulfonamides is 1. The first-order valence-electron chi connectivity index (χ1n) is 7.47. The molecule has 1 heterocycles. The summed E-state index contributed by atoms with van der Waals surface area (Å²) in [7, 11) is -1.81. The second-order valence-electron chi connectivity index (χ2n) is 5.12. The molecule has 0 N–H and O–H groups in total. The van der Waals surface area contributed by atoms with Crippen molar-refractivity contribution in [2.45, 2.75) is 31.6 Å². The highest BCUT2D eigenvalue weighted by Gasteiger charge is 2.24. The van der Waals surface area contributed by atoms with Gasteiger partial charge >= 0.3 is 0 Å². The van der Waals surface area contributed by atoms with Gasteiger partial charge < -0.3 is 9.64 Å². The predicted molar refractivity (Wildman–Crippen MR) is 84.5 cm³/mol. The average molecular weight is 312 g/mol. The van der Waals surface area contributed by atoms with Crippen LogP contribution in [0.5, 0.6) is 5.75 Å². The average Bonchev–Trinajstić information content (AvgIpc) is 3.01. The van der Waals surface area contributed by atoms with Gasteiger partial charge in [0.1, 0.15) is 5.75 Å². The van der Waals surface area contributed by atoms with Gasteiger partial charge in [0.05, 0.1) is 17.7 Å². The van der Waals surface area contributed by atoms with Crippen LogP contribution in [0, 0.1) is 0 Å². The van der Waals surface area contributed by atoms with Gasteiger partial charge in [0.25, 0.3) is 0 Å². The second-order valence-corrected chi connectivity index (χ2v) is 7.06. The number of benzene rings is 1. The Balaban J connectivity index is 2.44. The molecule has 1 saturated heterocycles. The van der Waals surface area contributed by atoms with Gasteiger partial charge in [0.15, 0.2) is 0 Å². The summed E-state index contributed by atoms with van der Waals surface area (Å²) < 4.78 is 32.1. The van der Waals surface area contributed by atoms with Crippen LogP contribution in [0.3, 0.4) is 0 Å². The Bertz CT molecular complexity index is 577. The molecule has 0 atom stereocenters. The van der Waals surface area contributed by atoms with Gasteiger partial charge in [-0.05, 0) is 31.0 Å². The highest BCUT2D eigenvalue weighted by molar-refractivity contribution is 7.89. The molecule has 21 heavy (non-hydrogen) atoms. The smallest absolute Gasteiger partial charge is 0.243 e. The molecule has 1 aliphatic heterocycles. The summed E-state index contributed by atoms with van der Waals surface area (Å²) in [6.07, 6.45) is 2.27. The second kappa shape index (κ2) is 6.66. The molecule has 0 unspecified atom stereocenters. The van der Waals surface area contributed by atoms with Crippen molar-refractivity contribution in [3.8, 4) is 5.75 Å². The number of methoxy groups -OCH3 is 1. The standard InChI is InChI=1S/C15H24N2O3S/c1-4-17(5-2)21(18,19)13-8-9-15(20-3)14(12-13)16-10-6-7-11-16/h8-9,12H,4-7,10-11H2,1-3H3. The minimum Gasteiger partial charge on any atom is -0.495 e. The Kier molecular flexibility index (Phi) is 5.11. The lowest BCUT2D eigenvalue weighted by molar-refractivity contribution is 0.414. The Morgan fingerprint density at radius 3 is 2.33 bits per heavy atom. The number of hydrogen-bond donors (Lipinski definition) is 0. The van der Waals surface area contributed by atoms with Crippen LogP contribution < -0.4 is 9.64 Å². The van der Waals surface area contributed by atoms with E-state index in [4.69, 9.17) is 4.74 Å². The molecule has 5 nitrogen and oxygen atoms in total. The minimum absolute atomic E-state index is 0.342. The molecule has 1 aliphatic rings. The lowest BCUT2D eigenvalue weighted by atomic mass is 10.2. The molecule has 1 aromatic rings. The third-order valence-corrected chi connectivity index (χ3v) is 5.99. The molecule has 6 heteroatoms. The first-order valence-corrected chi connectivity index (χ1v) is 8.91. The van der Waals surface area contributed by atoms with E-state index in [9.17, 15) is 8.42 Å². The fraction of sp³-hybridized carbons (Fsp3) is 0.600. The van der Waals surface area contributed by atoms with Crippen LogP contribution in [0.2, 0.25) is 0 Å². The monoisotopic (exact) mass is 312 g/mol. The predicted octanol–water partition coefficient (Wildman–Crippen LogP) is 2.33. The van der Waals surface area contributed by atoms with Gasteiger partial charge in [-0.25, -0.2) is 8.42 Å². The lowest BCUT2D eigenvalue weighted by Gasteiger charge is -2.23. The minimum atomic E-state index is -3.43. The highest BCUT2D eigenvalue weighted by Crippen LogP contribution is 2.33. The molecule has 1 fully saturated rings. The van der Waals surface area contributed by atoms with E-state index >= 15 is 0 Å². The van der Waals surface area contributed by atoms with Crippen LogP contribution in [0.4, 0.5) is 5.69 Å². The molecule has 0 bridgehead atoms. The first kappa shape index (κ1) is 16.1. The SMILES string of the molecule is CCN(CC)S(=O)(=O)c1ccc(OC)c(N2CCCC2)c1. The van der Waals surface area contributed by atoms with Crippen molar-refractivity contribution in [2.24, 2.45) is 0 Å². The molecule has 1 aromatic carbocycles. The maximum absolute atomic E-state index is 12.6. The van der Waals surface area contributed by atoms with E-state index in [1.54, 1.807) is 25.3 Å². The van der Waals surface area contributed by atoms with Gasteiger partial charge in [0.2, 0.25) is 10.0 Å². The molecular weight excluding hydrogens is 288 g/mol. The van der Waals surface area contributed by atoms with Gasteiger partial charge in [-0.15, -0.1) is 0 Å². The van der Waals surface area contributed by atoms with E-state index in [1.165, 1.54) is 4.31 Å². The van der Waals surface area contributed by atoms with Crippen LogP contribution >= 0.6 is 0 Å². The molecule has 0 radical (unpaired) electrons. The summed E-state index contributed by atoms with van der Waals surface area (Å²) in [6, 6.07) is 5.13. The Morgan fingerprint density at radius 1 is 1.19 bits per heavy atom. The third-order valence-electron chi connectivity index (χ3n) is 3.94. The van der Waals surface area contributed by atoms with E-state index in [0.717, 1.165) is 37.4 Å². The van der Waals surface area contributed by atoms with Gasteiger partial charge in [-0.1, -0.05) is 13.8 Å². The zero-order chi connectivity index (χ0) is 15.5. The Hall–Kier alpha value is -1.27. The lowest BCUT2D eigenvalue weighted by Crippen LogP contribution is -2.30. The quantitative estimate of drug-likeness (QED) is 0.809. The summed E-state index contributed by atoms with van der Waals surface area (Å²) in [4.78, 5) is 2.54. The number of anilines is 1. The first-order chi connectivity index (χ1) is 10.0. The maximum Gasteiger partial charge on any atom is 0.243 e. The summed E-state index contributed by atoms with van der Waals surface area (Å²) in [5, 5.41) is 0. The molecule has 0 amide bonds. The van der Waals surface area contributed by atoms with Crippen molar-refractivity contribution in [1.29, 1.82) is 0 Å². The molecule has 0 aromatic heterocycles. The topological polar surface area (TPSA) is 49.9 Å². The van der Waals surface area contributed by atoms with E-state index < -0.39 is 10.0 Å². The summed E-state index contributed by atoms with van der Waals surface area (Å²) >= 11 is 0. The summed E-state index contributed by atoms with van der Waals surface area (Å²) in [6.45, 7) is 6.56. The number of rotatable bonds is 6. The third kappa shape index (κ3) is 3.16. The zero-order valence-electron chi connectivity index (χ0n) is 13.0. The maximum atomic E-state index is 12.6. The van der Waals surface area contributed by atoms with Gasteiger partial charge in [-0.3, -0.25) is 0 Å². The van der Waals surface area contributed by atoms with Crippen LogP contribution in [0.25, 0.3) is 0 Å². The largest absolute Gasteiger partial charge is 0.495 e.